The molecule has 0 aromatic heterocycles. The molecule has 22 heavy (non-hydrogen) atoms. The minimum absolute atomic E-state index is 0.0112. The molecule has 2 aliphatic rings. The second kappa shape index (κ2) is 5.31. The van der Waals surface area contributed by atoms with Gasteiger partial charge in [-0.15, -0.1) is 0 Å². The fourth-order valence-corrected chi connectivity index (χ4v) is 4.30. The van der Waals surface area contributed by atoms with Crippen molar-refractivity contribution in [3.05, 3.63) is 35.6 Å². The van der Waals surface area contributed by atoms with Gasteiger partial charge >= 0.3 is 0 Å². The fraction of sp³-hybridized carbons (Fsp3) is 0.533. The van der Waals surface area contributed by atoms with Gasteiger partial charge in [0.25, 0.3) is 0 Å². The minimum atomic E-state index is -3.26. The molecule has 0 bridgehead atoms. The van der Waals surface area contributed by atoms with Gasteiger partial charge in [0.1, 0.15) is 5.82 Å². The third kappa shape index (κ3) is 2.75. The first-order valence-corrected chi connectivity index (χ1v) is 9.14. The lowest BCUT2D eigenvalue weighted by Gasteiger charge is -2.23. The molecule has 2 saturated heterocycles. The lowest BCUT2D eigenvalue weighted by Crippen LogP contribution is -2.37. The first-order valence-electron chi connectivity index (χ1n) is 7.29. The number of carbonyl (C=O) groups excluding carboxylic acids is 1. The highest BCUT2D eigenvalue weighted by Gasteiger charge is 2.52. The lowest BCUT2D eigenvalue weighted by molar-refractivity contribution is -0.135. The molecule has 0 radical (unpaired) electrons. The number of benzene rings is 1. The Morgan fingerprint density at radius 2 is 2.00 bits per heavy atom. The molecule has 2 fully saturated rings. The van der Waals surface area contributed by atoms with Crippen molar-refractivity contribution in [1.82, 2.24) is 9.21 Å². The van der Waals surface area contributed by atoms with E-state index >= 15 is 0 Å². The summed E-state index contributed by atoms with van der Waals surface area (Å²) < 4.78 is 37.9. The Hall–Kier alpha value is -1.47. The first kappa shape index (κ1) is 15.4. The quantitative estimate of drug-likeness (QED) is 0.839. The molecule has 2 aliphatic heterocycles. The Balaban J connectivity index is 1.73. The van der Waals surface area contributed by atoms with Crippen LogP contribution in [0.4, 0.5) is 4.39 Å². The van der Waals surface area contributed by atoms with E-state index in [1.807, 2.05) is 0 Å². The molecule has 1 spiro atoms. The van der Waals surface area contributed by atoms with Crippen molar-refractivity contribution >= 4 is 15.9 Å². The molecule has 7 heteroatoms. The predicted octanol–water partition coefficient (Wildman–Crippen LogP) is 1.21. The van der Waals surface area contributed by atoms with Crippen molar-refractivity contribution in [3.8, 4) is 0 Å². The normalized spacial score (nSPS) is 26.3. The Labute approximate surface area is 129 Å². The molecule has 5 nitrogen and oxygen atoms in total. The number of likely N-dealkylation sites (tertiary alicyclic amines) is 1. The van der Waals surface area contributed by atoms with Crippen LogP contribution in [0.5, 0.6) is 0 Å². The van der Waals surface area contributed by atoms with Gasteiger partial charge in [0.05, 0.1) is 11.7 Å². The second-order valence-electron chi connectivity index (χ2n) is 6.23. The summed E-state index contributed by atoms with van der Waals surface area (Å²) in [5.74, 6) is -0.328. The number of sulfonamides is 1. The van der Waals surface area contributed by atoms with Crippen LogP contribution >= 0.6 is 0 Å². The average Bonchev–Trinajstić information content (AvgIpc) is 2.99. The van der Waals surface area contributed by atoms with Crippen molar-refractivity contribution < 1.29 is 17.6 Å². The van der Waals surface area contributed by atoms with Gasteiger partial charge in [-0.05, 0) is 30.5 Å². The molecule has 120 valence electrons. The van der Waals surface area contributed by atoms with Crippen LogP contribution in [-0.2, 0) is 21.4 Å². The minimum Gasteiger partial charge on any atom is -0.338 e. The number of nitrogens with zero attached hydrogens (tertiary/aromatic N) is 2. The standard InChI is InChI=1S/C15H19FN2O3S/c1-22(20,21)18-8-6-15(11-18)5-7-17(14(15)19)10-12-3-2-4-13(16)9-12/h2-4,9H,5-8,10-11H2,1H3/t15-/m0/s1. The highest BCUT2D eigenvalue weighted by atomic mass is 32.2. The molecule has 0 unspecified atom stereocenters. The number of carbonyl (C=O) groups is 1. The monoisotopic (exact) mass is 326 g/mol. The molecule has 1 amide bonds. The van der Waals surface area contributed by atoms with Crippen LogP contribution in [-0.4, -0.2) is 49.4 Å². The van der Waals surface area contributed by atoms with Crippen molar-refractivity contribution in [2.75, 3.05) is 25.9 Å². The van der Waals surface area contributed by atoms with E-state index < -0.39 is 15.4 Å². The van der Waals surface area contributed by atoms with Gasteiger partial charge in [0.15, 0.2) is 0 Å². The van der Waals surface area contributed by atoms with E-state index in [9.17, 15) is 17.6 Å². The van der Waals surface area contributed by atoms with Gasteiger partial charge < -0.3 is 4.90 Å². The Morgan fingerprint density at radius 3 is 2.64 bits per heavy atom. The Morgan fingerprint density at radius 1 is 1.27 bits per heavy atom. The molecule has 1 aromatic carbocycles. The molecule has 1 aromatic rings. The number of rotatable bonds is 3. The Kier molecular flexibility index (Phi) is 3.72. The Bertz CT molecular complexity index is 706. The van der Waals surface area contributed by atoms with Crippen LogP contribution in [0.25, 0.3) is 0 Å². The maximum Gasteiger partial charge on any atom is 0.230 e. The van der Waals surface area contributed by atoms with E-state index in [1.165, 1.54) is 22.7 Å². The van der Waals surface area contributed by atoms with E-state index in [1.54, 1.807) is 17.0 Å². The number of hydrogen-bond acceptors (Lipinski definition) is 3. The molecular formula is C15H19FN2O3S. The largest absolute Gasteiger partial charge is 0.338 e. The zero-order valence-corrected chi connectivity index (χ0v) is 13.3. The van der Waals surface area contributed by atoms with Crippen LogP contribution in [0.1, 0.15) is 18.4 Å². The van der Waals surface area contributed by atoms with Crippen molar-refractivity contribution in [1.29, 1.82) is 0 Å². The van der Waals surface area contributed by atoms with E-state index in [-0.39, 0.29) is 18.3 Å². The fourth-order valence-electron chi connectivity index (χ4n) is 3.40. The molecule has 3 rings (SSSR count). The average molecular weight is 326 g/mol. The zero-order chi connectivity index (χ0) is 16.0. The van der Waals surface area contributed by atoms with Crippen LogP contribution in [0.3, 0.4) is 0 Å². The zero-order valence-electron chi connectivity index (χ0n) is 12.5. The van der Waals surface area contributed by atoms with Crippen LogP contribution < -0.4 is 0 Å². The van der Waals surface area contributed by atoms with Crippen molar-refractivity contribution in [3.63, 3.8) is 0 Å². The summed E-state index contributed by atoms with van der Waals surface area (Å²) in [7, 11) is -3.26. The molecular weight excluding hydrogens is 307 g/mol. The van der Waals surface area contributed by atoms with Gasteiger partial charge in [0, 0.05) is 26.2 Å². The third-order valence-corrected chi connectivity index (χ3v) is 5.90. The molecule has 2 heterocycles. The van der Waals surface area contributed by atoms with Crippen LogP contribution in [0.15, 0.2) is 24.3 Å². The van der Waals surface area contributed by atoms with Gasteiger partial charge in [-0.1, -0.05) is 12.1 Å². The summed E-state index contributed by atoms with van der Waals surface area (Å²) >= 11 is 0. The summed E-state index contributed by atoms with van der Waals surface area (Å²) in [5, 5.41) is 0. The summed E-state index contributed by atoms with van der Waals surface area (Å²) in [4.78, 5) is 14.4. The van der Waals surface area contributed by atoms with Crippen LogP contribution in [0.2, 0.25) is 0 Å². The smallest absolute Gasteiger partial charge is 0.230 e. The van der Waals surface area contributed by atoms with E-state index in [0.717, 1.165) is 5.56 Å². The van der Waals surface area contributed by atoms with Gasteiger partial charge in [-0.3, -0.25) is 4.79 Å². The van der Waals surface area contributed by atoms with E-state index in [0.29, 0.717) is 32.5 Å². The van der Waals surface area contributed by atoms with Crippen LogP contribution in [0, 0.1) is 11.2 Å². The number of hydrogen-bond donors (Lipinski definition) is 0. The topological polar surface area (TPSA) is 57.7 Å². The second-order valence-corrected chi connectivity index (χ2v) is 8.22. The summed E-state index contributed by atoms with van der Waals surface area (Å²) in [6.45, 7) is 1.63. The number of amides is 1. The predicted molar refractivity (Wildman–Crippen MR) is 79.9 cm³/mol. The summed E-state index contributed by atoms with van der Waals surface area (Å²) in [5.41, 5.74) is 0.166. The highest BCUT2D eigenvalue weighted by molar-refractivity contribution is 7.88. The first-order chi connectivity index (χ1) is 10.3. The van der Waals surface area contributed by atoms with Gasteiger partial charge in [-0.2, -0.15) is 0 Å². The van der Waals surface area contributed by atoms with E-state index in [4.69, 9.17) is 0 Å². The summed E-state index contributed by atoms with van der Waals surface area (Å²) in [6.07, 6.45) is 2.40. The molecule has 0 N–H and O–H groups in total. The SMILES string of the molecule is CS(=O)(=O)N1CC[C@@]2(CCN(Cc3cccc(F)c3)C2=O)C1. The maximum absolute atomic E-state index is 13.2. The summed E-state index contributed by atoms with van der Waals surface area (Å²) in [6, 6.07) is 6.22. The van der Waals surface area contributed by atoms with E-state index in [2.05, 4.69) is 0 Å². The van der Waals surface area contributed by atoms with Gasteiger partial charge in [0.2, 0.25) is 15.9 Å². The molecule has 0 aliphatic carbocycles. The van der Waals surface area contributed by atoms with Crippen molar-refractivity contribution in [2.45, 2.75) is 19.4 Å². The van der Waals surface area contributed by atoms with Crippen molar-refractivity contribution in [2.24, 2.45) is 5.41 Å². The molecule has 1 atom stereocenters. The maximum atomic E-state index is 13.2. The number of halogens is 1. The molecule has 0 saturated carbocycles. The lowest BCUT2D eigenvalue weighted by atomic mass is 9.86. The third-order valence-electron chi connectivity index (χ3n) is 4.65. The highest BCUT2D eigenvalue weighted by Crippen LogP contribution is 2.41. The van der Waals surface area contributed by atoms with Gasteiger partial charge in [-0.25, -0.2) is 17.1 Å².